The number of rotatable bonds is 4. The fourth-order valence-corrected chi connectivity index (χ4v) is 8.67. The van der Waals surface area contributed by atoms with E-state index in [0.717, 1.165) is 11.4 Å². The van der Waals surface area contributed by atoms with Gasteiger partial charge < -0.3 is 4.90 Å². The summed E-state index contributed by atoms with van der Waals surface area (Å²) in [5, 5.41) is 5.21. The zero-order chi connectivity index (χ0) is 30.1. The highest BCUT2D eigenvalue weighted by Crippen LogP contribution is 2.52. The van der Waals surface area contributed by atoms with Gasteiger partial charge in [0, 0.05) is 42.2 Å². The maximum absolute atomic E-state index is 2.49. The Morgan fingerprint density at radius 1 is 0.467 bits per heavy atom. The molecule has 0 bridgehead atoms. The summed E-state index contributed by atoms with van der Waals surface area (Å²) in [6, 6.07) is 55.9. The molecule has 0 fully saturated rings. The van der Waals surface area contributed by atoms with Crippen molar-refractivity contribution in [2.24, 2.45) is 0 Å². The maximum atomic E-state index is 2.49. The van der Waals surface area contributed by atoms with Gasteiger partial charge in [-0.15, -0.1) is 11.3 Å². The predicted molar refractivity (Wildman–Crippen MR) is 195 cm³/mol. The van der Waals surface area contributed by atoms with Crippen LogP contribution in [0.15, 0.2) is 152 Å². The van der Waals surface area contributed by atoms with Crippen LogP contribution in [0.25, 0.3) is 53.2 Å². The Hall–Kier alpha value is -5.18. The van der Waals surface area contributed by atoms with Crippen molar-refractivity contribution in [3.8, 4) is 22.3 Å². The minimum absolute atomic E-state index is 0.0394. The van der Waals surface area contributed by atoms with Crippen LogP contribution in [0.4, 0.5) is 17.1 Å². The second-order valence-corrected chi connectivity index (χ2v) is 13.6. The van der Waals surface area contributed by atoms with Gasteiger partial charge in [-0.25, -0.2) is 0 Å². The van der Waals surface area contributed by atoms with Crippen LogP contribution in [0.5, 0.6) is 0 Å². The van der Waals surface area contributed by atoms with E-state index in [1.165, 1.54) is 70.0 Å². The van der Waals surface area contributed by atoms with E-state index in [9.17, 15) is 0 Å². The van der Waals surface area contributed by atoms with Crippen LogP contribution in [0.3, 0.4) is 0 Å². The molecule has 0 saturated carbocycles. The van der Waals surface area contributed by atoms with Crippen LogP contribution >= 0.6 is 11.3 Å². The van der Waals surface area contributed by atoms with E-state index in [1.54, 1.807) is 0 Å². The van der Waals surface area contributed by atoms with E-state index in [-0.39, 0.29) is 5.41 Å². The fraction of sp³-hybridized carbons (Fsp3) is 0.0698. The third kappa shape index (κ3) is 3.92. The van der Waals surface area contributed by atoms with Crippen LogP contribution in [0.1, 0.15) is 25.0 Å². The summed E-state index contributed by atoms with van der Waals surface area (Å²) in [5.74, 6) is 0. The van der Waals surface area contributed by atoms with Crippen molar-refractivity contribution in [1.82, 2.24) is 0 Å². The Labute approximate surface area is 267 Å². The zero-order valence-electron chi connectivity index (χ0n) is 25.3. The van der Waals surface area contributed by atoms with Gasteiger partial charge in [-0.05, 0) is 69.6 Å². The highest BCUT2D eigenvalue weighted by molar-refractivity contribution is 7.26. The predicted octanol–water partition coefficient (Wildman–Crippen LogP) is 12.7. The molecule has 214 valence electrons. The molecule has 0 radical (unpaired) electrons. The number of hydrogen-bond donors (Lipinski definition) is 0. The normalized spacial score (nSPS) is 13.3. The Morgan fingerprint density at radius 2 is 1.16 bits per heavy atom. The maximum Gasteiger partial charge on any atom is 0.0540 e. The van der Waals surface area contributed by atoms with Gasteiger partial charge >= 0.3 is 0 Å². The average molecular weight is 594 g/mol. The highest BCUT2D eigenvalue weighted by atomic mass is 32.1. The van der Waals surface area contributed by atoms with Crippen LogP contribution in [0, 0.1) is 0 Å². The van der Waals surface area contributed by atoms with Crippen LogP contribution in [-0.4, -0.2) is 0 Å². The second-order valence-electron chi connectivity index (χ2n) is 12.5. The summed E-state index contributed by atoms with van der Waals surface area (Å²) in [7, 11) is 0. The number of hydrogen-bond acceptors (Lipinski definition) is 2. The average Bonchev–Trinajstić information content (AvgIpc) is 3.58. The first kappa shape index (κ1) is 26.2. The number of nitrogens with zero attached hydrogens (tertiary/aromatic N) is 1. The van der Waals surface area contributed by atoms with Crippen LogP contribution < -0.4 is 4.90 Å². The molecule has 1 aromatic heterocycles. The number of para-hydroxylation sites is 1. The van der Waals surface area contributed by atoms with Crippen LogP contribution in [0.2, 0.25) is 0 Å². The summed E-state index contributed by atoms with van der Waals surface area (Å²) >= 11 is 1.88. The van der Waals surface area contributed by atoms with Gasteiger partial charge in [-0.3, -0.25) is 0 Å². The number of benzene rings is 7. The lowest BCUT2D eigenvalue weighted by molar-refractivity contribution is 0.660. The van der Waals surface area contributed by atoms with E-state index in [1.807, 2.05) is 11.3 Å². The summed E-state index contributed by atoms with van der Waals surface area (Å²) < 4.78 is 2.66. The molecule has 45 heavy (non-hydrogen) atoms. The van der Waals surface area contributed by atoms with Crippen molar-refractivity contribution in [2.75, 3.05) is 4.90 Å². The van der Waals surface area contributed by atoms with Crippen molar-refractivity contribution in [3.63, 3.8) is 0 Å². The van der Waals surface area contributed by atoms with Gasteiger partial charge in [0.15, 0.2) is 0 Å². The van der Waals surface area contributed by atoms with Gasteiger partial charge in [-0.2, -0.15) is 0 Å². The van der Waals surface area contributed by atoms with Crippen molar-refractivity contribution >= 4 is 59.3 Å². The second kappa shape index (κ2) is 9.92. The van der Waals surface area contributed by atoms with E-state index < -0.39 is 0 Å². The molecule has 1 nitrogen and oxygen atoms in total. The molecule has 0 unspecified atom stereocenters. The van der Waals surface area contributed by atoms with Crippen molar-refractivity contribution in [2.45, 2.75) is 19.3 Å². The largest absolute Gasteiger partial charge is 0.309 e. The molecule has 2 heteroatoms. The van der Waals surface area contributed by atoms with Gasteiger partial charge in [0.2, 0.25) is 0 Å². The van der Waals surface area contributed by atoms with Gasteiger partial charge in [0.1, 0.15) is 0 Å². The fourth-order valence-electron chi connectivity index (χ4n) is 7.55. The van der Waals surface area contributed by atoms with E-state index in [4.69, 9.17) is 0 Å². The molecule has 8 aromatic rings. The molecular weight excluding hydrogens is 563 g/mol. The number of anilines is 3. The van der Waals surface area contributed by atoms with E-state index in [0.29, 0.717) is 0 Å². The summed E-state index contributed by atoms with van der Waals surface area (Å²) in [6.45, 7) is 4.70. The highest BCUT2D eigenvalue weighted by Gasteiger charge is 2.35. The summed E-state index contributed by atoms with van der Waals surface area (Å²) in [5.41, 5.74) is 11.3. The van der Waals surface area contributed by atoms with Crippen molar-refractivity contribution in [3.05, 3.63) is 163 Å². The SMILES string of the molecule is CC1(C)c2ccccc2-c2cc(N(c3ccccc3-c3ccccc3)c3cccc4c3ccc3sc5ccccc5c34)ccc21. The summed E-state index contributed by atoms with van der Waals surface area (Å²) in [4.78, 5) is 2.49. The molecule has 0 spiro atoms. The minimum Gasteiger partial charge on any atom is -0.309 e. The first-order valence-electron chi connectivity index (χ1n) is 15.6. The first-order chi connectivity index (χ1) is 22.1. The first-order valence-corrected chi connectivity index (χ1v) is 16.4. The molecule has 1 aliphatic rings. The zero-order valence-corrected chi connectivity index (χ0v) is 26.1. The Balaban J connectivity index is 1.35. The third-order valence-corrected chi connectivity index (χ3v) is 10.8. The Morgan fingerprint density at radius 3 is 2.04 bits per heavy atom. The molecule has 0 aliphatic heterocycles. The molecule has 0 N–H and O–H groups in total. The monoisotopic (exact) mass is 593 g/mol. The third-order valence-electron chi connectivity index (χ3n) is 9.67. The van der Waals surface area contributed by atoms with Gasteiger partial charge in [0.05, 0.1) is 11.4 Å². The number of fused-ring (bicyclic) bond motifs is 8. The lowest BCUT2D eigenvalue weighted by atomic mass is 9.82. The van der Waals surface area contributed by atoms with Crippen molar-refractivity contribution in [1.29, 1.82) is 0 Å². The minimum atomic E-state index is -0.0394. The lowest BCUT2D eigenvalue weighted by Crippen LogP contribution is -2.15. The molecule has 0 atom stereocenters. The van der Waals surface area contributed by atoms with Crippen LogP contribution in [-0.2, 0) is 5.41 Å². The molecule has 1 aliphatic carbocycles. The molecule has 7 aromatic carbocycles. The Bertz CT molecular complexity index is 2410. The van der Waals surface area contributed by atoms with E-state index in [2.05, 4.69) is 170 Å². The molecule has 9 rings (SSSR count). The summed E-state index contributed by atoms with van der Waals surface area (Å²) in [6.07, 6.45) is 0. The quantitative estimate of drug-likeness (QED) is 0.196. The number of thiophene rings is 1. The van der Waals surface area contributed by atoms with Crippen molar-refractivity contribution < 1.29 is 0 Å². The van der Waals surface area contributed by atoms with E-state index >= 15 is 0 Å². The molecular formula is C43H31NS. The smallest absolute Gasteiger partial charge is 0.0540 e. The lowest BCUT2D eigenvalue weighted by Gasteiger charge is -2.30. The van der Waals surface area contributed by atoms with Gasteiger partial charge in [-0.1, -0.05) is 129 Å². The topological polar surface area (TPSA) is 3.24 Å². The molecule has 0 saturated heterocycles. The standard InChI is InChI=1S/C43H31NS/c1-43(2)36-19-9-6-16-31(36)35-27-29(23-25-37(35)43)44(38-20-10-7-15-30(38)28-13-4-3-5-14-28)39-21-12-18-33-32(39)24-26-41-42(33)34-17-8-11-22-40(34)45-41/h3-27H,1-2H3. The molecule has 0 amide bonds. The van der Waals surface area contributed by atoms with Gasteiger partial charge in [0.25, 0.3) is 0 Å². The molecule has 1 heterocycles. The Kier molecular flexibility index (Phi) is 5.78.